The van der Waals surface area contributed by atoms with E-state index in [2.05, 4.69) is 5.32 Å². The van der Waals surface area contributed by atoms with Gasteiger partial charge in [-0.25, -0.2) is 0 Å². The fraction of sp³-hybridized carbons (Fsp3) is 0.333. The molecule has 0 aromatic heterocycles. The minimum atomic E-state index is -0.748. The van der Waals surface area contributed by atoms with Crippen molar-refractivity contribution in [3.63, 3.8) is 0 Å². The van der Waals surface area contributed by atoms with Crippen molar-refractivity contribution in [2.24, 2.45) is 0 Å². The molecule has 0 fully saturated rings. The Bertz CT molecular complexity index is 506. The fourth-order valence-electron chi connectivity index (χ4n) is 1.90. The van der Waals surface area contributed by atoms with Crippen molar-refractivity contribution in [3.05, 3.63) is 54.1 Å². The summed E-state index contributed by atoms with van der Waals surface area (Å²) in [5.41, 5.74) is 1.09. The lowest BCUT2D eigenvalue weighted by Gasteiger charge is -2.01. The largest absolute Gasteiger partial charge is 0.481 e. The molecule has 0 aliphatic heterocycles. The molecule has 4 heteroatoms. The number of carbonyl (C=O) groups is 2. The highest BCUT2D eigenvalue weighted by molar-refractivity contribution is 5.87. The Labute approximate surface area is 131 Å². The maximum atomic E-state index is 11.5. The van der Waals surface area contributed by atoms with E-state index in [0.717, 1.165) is 24.8 Å². The third-order valence-corrected chi connectivity index (χ3v) is 3.06. The molecular weight excluding hydrogens is 278 g/mol. The second-order valence-corrected chi connectivity index (χ2v) is 4.98. The van der Waals surface area contributed by atoms with Crippen LogP contribution >= 0.6 is 0 Å². The van der Waals surface area contributed by atoms with Crippen LogP contribution in [0.3, 0.4) is 0 Å². The van der Waals surface area contributed by atoms with Gasteiger partial charge in [-0.05, 0) is 18.4 Å². The average molecular weight is 301 g/mol. The summed E-state index contributed by atoms with van der Waals surface area (Å²) in [5, 5.41) is 11.3. The second kappa shape index (κ2) is 11.3. The van der Waals surface area contributed by atoms with Crippen LogP contribution in [0, 0.1) is 0 Å². The quantitative estimate of drug-likeness (QED) is 0.395. The van der Waals surface area contributed by atoms with E-state index < -0.39 is 5.97 Å². The van der Waals surface area contributed by atoms with E-state index in [9.17, 15) is 9.59 Å². The lowest BCUT2D eigenvalue weighted by atomic mass is 10.1. The molecule has 0 aliphatic rings. The Morgan fingerprint density at radius 1 is 1.00 bits per heavy atom. The molecule has 0 saturated carbocycles. The van der Waals surface area contributed by atoms with E-state index >= 15 is 0 Å². The SMILES string of the molecule is O=C(O)CCCCCCNC(=O)/C=C/C=C/c1ccccc1. The number of aliphatic carboxylic acids is 1. The van der Waals surface area contributed by atoms with Crippen molar-refractivity contribution in [1.29, 1.82) is 0 Å². The smallest absolute Gasteiger partial charge is 0.303 e. The standard InChI is InChI=1S/C18H23NO3/c20-17(19-15-9-2-1-6-14-18(21)22)13-8-7-12-16-10-4-3-5-11-16/h3-5,7-8,10-13H,1-2,6,9,14-15H2,(H,19,20)(H,21,22)/b12-7+,13-8+. The maximum absolute atomic E-state index is 11.5. The minimum absolute atomic E-state index is 0.108. The second-order valence-electron chi connectivity index (χ2n) is 4.98. The summed E-state index contributed by atoms with van der Waals surface area (Å²) in [5.74, 6) is -0.856. The molecule has 0 bridgehead atoms. The van der Waals surface area contributed by atoms with Crippen molar-refractivity contribution in [1.82, 2.24) is 5.32 Å². The number of benzene rings is 1. The summed E-state index contributed by atoms with van der Waals surface area (Å²) in [6.45, 7) is 0.624. The zero-order chi connectivity index (χ0) is 16.0. The van der Waals surface area contributed by atoms with E-state index in [0.29, 0.717) is 13.0 Å². The average Bonchev–Trinajstić information content (AvgIpc) is 2.51. The number of allylic oxidation sites excluding steroid dienone is 2. The molecule has 1 aromatic rings. The Balaban J connectivity index is 2.07. The van der Waals surface area contributed by atoms with Crippen molar-refractivity contribution >= 4 is 18.0 Å². The highest BCUT2D eigenvalue weighted by atomic mass is 16.4. The Morgan fingerprint density at radius 2 is 1.73 bits per heavy atom. The molecule has 0 saturated heterocycles. The summed E-state index contributed by atoms with van der Waals surface area (Å²) in [6, 6.07) is 9.88. The predicted octanol–water partition coefficient (Wildman–Crippen LogP) is 3.41. The molecule has 22 heavy (non-hydrogen) atoms. The molecule has 0 atom stereocenters. The number of rotatable bonds is 10. The van der Waals surface area contributed by atoms with Gasteiger partial charge < -0.3 is 10.4 Å². The molecule has 1 rings (SSSR count). The van der Waals surface area contributed by atoms with Gasteiger partial charge in [0.25, 0.3) is 0 Å². The Kier molecular flexibility index (Phi) is 9.10. The summed E-state index contributed by atoms with van der Waals surface area (Å²) < 4.78 is 0. The van der Waals surface area contributed by atoms with Gasteiger partial charge in [0.1, 0.15) is 0 Å². The monoisotopic (exact) mass is 301 g/mol. The third-order valence-electron chi connectivity index (χ3n) is 3.06. The first-order valence-corrected chi connectivity index (χ1v) is 7.58. The summed E-state index contributed by atoms with van der Waals surface area (Å²) in [7, 11) is 0. The van der Waals surface area contributed by atoms with Crippen LogP contribution in [0.15, 0.2) is 48.6 Å². The first-order chi connectivity index (χ1) is 10.7. The van der Waals surface area contributed by atoms with Gasteiger partial charge in [0.05, 0.1) is 0 Å². The number of hydrogen-bond acceptors (Lipinski definition) is 2. The van der Waals surface area contributed by atoms with Crippen molar-refractivity contribution < 1.29 is 14.7 Å². The summed E-state index contributed by atoms with van der Waals surface area (Å²) >= 11 is 0. The molecule has 0 radical (unpaired) electrons. The number of unbranched alkanes of at least 4 members (excludes halogenated alkanes) is 3. The van der Waals surface area contributed by atoms with Crippen LogP contribution in [-0.2, 0) is 9.59 Å². The number of carboxylic acids is 1. The van der Waals surface area contributed by atoms with Gasteiger partial charge in [0.2, 0.25) is 5.91 Å². The molecule has 0 unspecified atom stereocenters. The minimum Gasteiger partial charge on any atom is -0.481 e. The lowest BCUT2D eigenvalue weighted by Crippen LogP contribution is -2.21. The first kappa shape index (κ1) is 17.7. The van der Waals surface area contributed by atoms with Gasteiger partial charge >= 0.3 is 5.97 Å². The van der Waals surface area contributed by atoms with Crippen LogP contribution in [0.25, 0.3) is 6.08 Å². The van der Waals surface area contributed by atoms with E-state index in [-0.39, 0.29) is 12.3 Å². The first-order valence-electron chi connectivity index (χ1n) is 7.58. The lowest BCUT2D eigenvalue weighted by molar-refractivity contribution is -0.137. The molecule has 0 heterocycles. The van der Waals surface area contributed by atoms with Crippen molar-refractivity contribution in [2.45, 2.75) is 32.1 Å². The zero-order valence-corrected chi connectivity index (χ0v) is 12.7. The molecule has 1 aromatic carbocycles. The number of carboxylic acid groups (broad SMARTS) is 1. The van der Waals surface area contributed by atoms with E-state index in [4.69, 9.17) is 5.11 Å². The highest BCUT2D eigenvalue weighted by Gasteiger charge is 1.97. The van der Waals surface area contributed by atoms with Gasteiger partial charge in [-0.2, -0.15) is 0 Å². The Hall–Kier alpha value is -2.36. The zero-order valence-electron chi connectivity index (χ0n) is 12.7. The number of carbonyl (C=O) groups excluding carboxylic acids is 1. The van der Waals surface area contributed by atoms with Crippen LogP contribution in [0.5, 0.6) is 0 Å². The van der Waals surface area contributed by atoms with Crippen molar-refractivity contribution in [2.75, 3.05) is 6.54 Å². The number of amides is 1. The fourth-order valence-corrected chi connectivity index (χ4v) is 1.90. The third kappa shape index (κ3) is 9.53. The van der Waals surface area contributed by atoms with Crippen LogP contribution in [-0.4, -0.2) is 23.5 Å². The highest BCUT2D eigenvalue weighted by Crippen LogP contribution is 2.02. The van der Waals surface area contributed by atoms with Crippen LogP contribution in [0.4, 0.5) is 0 Å². The van der Waals surface area contributed by atoms with Crippen molar-refractivity contribution in [3.8, 4) is 0 Å². The Morgan fingerprint density at radius 3 is 2.45 bits per heavy atom. The normalized spacial score (nSPS) is 11.1. The van der Waals surface area contributed by atoms with Crippen LogP contribution in [0.1, 0.15) is 37.7 Å². The predicted molar refractivity (Wildman–Crippen MR) is 88.3 cm³/mol. The van der Waals surface area contributed by atoms with E-state index in [1.54, 1.807) is 6.08 Å². The molecule has 0 spiro atoms. The van der Waals surface area contributed by atoms with Gasteiger partial charge in [-0.3, -0.25) is 9.59 Å². The molecule has 4 nitrogen and oxygen atoms in total. The van der Waals surface area contributed by atoms with Gasteiger partial charge in [-0.15, -0.1) is 0 Å². The summed E-state index contributed by atoms with van der Waals surface area (Å²) in [6.07, 6.45) is 10.6. The number of hydrogen-bond donors (Lipinski definition) is 2. The molecule has 118 valence electrons. The molecule has 2 N–H and O–H groups in total. The van der Waals surface area contributed by atoms with Gasteiger partial charge in [-0.1, -0.05) is 61.4 Å². The maximum Gasteiger partial charge on any atom is 0.303 e. The van der Waals surface area contributed by atoms with Crippen LogP contribution < -0.4 is 5.32 Å². The molecular formula is C18H23NO3. The van der Waals surface area contributed by atoms with E-state index in [1.165, 1.54) is 6.08 Å². The molecule has 0 aliphatic carbocycles. The van der Waals surface area contributed by atoms with Crippen LogP contribution in [0.2, 0.25) is 0 Å². The molecule has 1 amide bonds. The van der Waals surface area contributed by atoms with E-state index in [1.807, 2.05) is 42.5 Å². The van der Waals surface area contributed by atoms with Gasteiger partial charge in [0.15, 0.2) is 0 Å². The summed E-state index contributed by atoms with van der Waals surface area (Å²) in [4.78, 5) is 21.8. The van der Waals surface area contributed by atoms with Gasteiger partial charge in [0, 0.05) is 19.0 Å². The number of nitrogens with one attached hydrogen (secondary N) is 1. The topological polar surface area (TPSA) is 66.4 Å².